The van der Waals surface area contributed by atoms with Crippen molar-refractivity contribution in [1.82, 2.24) is 5.32 Å². The third kappa shape index (κ3) is 2.63. The van der Waals surface area contributed by atoms with Gasteiger partial charge < -0.3 is 15.2 Å². The molecule has 0 saturated carbocycles. The Kier molecular flexibility index (Phi) is 3.61. The first kappa shape index (κ1) is 13.0. The Bertz CT molecular complexity index is 585. The molecule has 1 atom stereocenters. The topological polar surface area (TPSA) is 41.5 Å². The number of rotatable bonds is 4. The molecule has 0 bridgehead atoms. The Hall–Kier alpha value is -2.00. The Labute approximate surface area is 119 Å². The van der Waals surface area contributed by atoms with Crippen molar-refractivity contribution >= 4 is 0 Å². The second-order valence-corrected chi connectivity index (χ2v) is 5.27. The predicted molar refractivity (Wildman–Crippen MR) is 79.1 cm³/mol. The zero-order valence-corrected chi connectivity index (χ0v) is 11.6. The number of aryl methyl sites for hydroxylation is 1. The van der Waals surface area contributed by atoms with Crippen molar-refractivity contribution in [2.24, 2.45) is 0 Å². The van der Waals surface area contributed by atoms with Gasteiger partial charge in [-0.25, -0.2) is 0 Å². The molecule has 1 aliphatic rings. The van der Waals surface area contributed by atoms with Crippen LogP contribution in [0.4, 0.5) is 0 Å². The zero-order valence-electron chi connectivity index (χ0n) is 11.6. The summed E-state index contributed by atoms with van der Waals surface area (Å²) in [6.45, 7) is 3.35. The third-order valence-electron chi connectivity index (χ3n) is 3.72. The van der Waals surface area contributed by atoms with Crippen LogP contribution in [0.2, 0.25) is 0 Å². The van der Waals surface area contributed by atoms with E-state index in [-0.39, 0.29) is 6.10 Å². The van der Waals surface area contributed by atoms with E-state index in [9.17, 15) is 5.11 Å². The second kappa shape index (κ2) is 5.55. The Morgan fingerprint density at radius 1 is 1.20 bits per heavy atom. The fourth-order valence-electron chi connectivity index (χ4n) is 2.60. The van der Waals surface area contributed by atoms with Gasteiger partial charge in [0.25, 0.3) is 0 Å². The molecule has 0 aliphatic carbocycles. The number of ether oxygens (including phenoxy) is 1. The number of nitrogens with one attached hydrogen (secondary N) is 1. The maximum atomic E-state index is 9.96. The van der Waals surface area contributed by atoms with Gasteiger partial charge in [0.05, 0.1) is 0 Å². The fourth-order valence-corrected chi connectivity index (χ4v) is 2.60. The molecule has 0 spiro atoms. The van der Waals surface area contributed by atoms with Crippen LogP contribution < -0.4 is 10.1 Å². The summed E-state index contributed by atoms with van der Waals surface area (Å²) in [7, 11) is 0. The van der Waals surface area contributed by atoms with Crippen molar-refractivity contribution in [3.63, 3.8) is 0 Å². The minimum absolute atomic E-state index is 0.180. The van der Waals surface area contributed by atoms with Crippen LogP contribution in [-0.4, -0.2) is 17.8 Å². The van der Waals surface area contributed by atoms with Gasteiger partial charge in [-0.2, -0.15) is 0 Å². The molecule has 1 heterocycles. The lowest BCUT2D eigenvalue weighted by Gasteiger charge is -2.13. The SMILES string of the molecule is Cc1cccc(CNCC2Cc3ccccc3O2)c1O. The van der Waals surface area contributed by atoms with Gasteiger partial charge in [0.2, 0.25) is 0 Å². The number of fused-ring (bicyclic) bond motifs is 1. The molecular formula is C17H19NO2. The second-order valence-electron chi connectivity index (χ2n) is 5.27. The van der Waals surface area contributed by atoms with E-state index in [1.54, 1.807) is 0 Å². The van der Waals surface area contributed by atoms with Gasteiger partial charge >= 0.3 is 0 Å². The summed E-state index contributed by atoms with van der Waals surface area (Å²) in [5, 5.41) is 13.3. The molecule has 1 unspecified atom stereocenters. The van der Waals surface area contributed by atoms with E-state index in [0.717, 1.165) is 29.8 Å². The summed E-state index contributed by atoms with van der Waals surface area (Å²) < 4.78 is 5.87. The van der Waals surface area contributed by atoms with Crippen molar-refractivity contribution in [2.45, 2.75) is 26.0 Å². The number of hydrogen-bond donors (Lipinski definition) is 2. The zero-order chi connectivity index (χ0) is 13.9. The highest BCUT2D eigenvalue weighted by Crippen LogP contribution is 2.28. The summed E-state index contributed by atoms with van der Waals surface area (Å²) in [5.41, 5.74) is 3.12. The molecule has 3 rings (SSSR count). The third-order valence-corrected chi connectivity index (χ3v) is 3.72. The molecule has 104 valence electrons. The molecule has 0 amide bonds. The van der Waals surface area contributed by atoms with Crippen molar-refractivity contribution in [2.75, 3.05) is 6.54 Å². The molecule has 2 aromatic rings. The van der Waals surface area contributed by atoms with Crippen molar-refractivity contribution in [1.29, 1.82) is 0 Å². The van der Waals surface area contributed by atoms with Crippen LogP contribution in [-0.2, 0) is 13.0 Å². The lowest BCUT2D eigenvalue weighted by atomic mass is 10.1. The van der Waals surface area contributed by atoms with Crippen LogP contribution in [0.1, 0.15) is 16.7 Å². The van der Waals surface area contributed by atoms with Crippen molar-refractivity contribution in [3.8, 4) is 11.5 Å². The summed E-state index contributed by atoms with van der Waals surface area (Å²) in [4.78, 5) is 0. The van der Waals surface area contributed by atoms with Gasteiger partial charge in [0.1, 0.15) is 17.6 Å². The molecule has 3 nitrogen and oxygen atoms in total. The highest BCUT2D eigenvalue weighted by molar-refractivity contribution is 5.39. The average Bonchev–Trinajstić information content (AvgIpc) is 2.86. The van der Waals surface area contributed by atoms with Crippen LogP contribution >= 0.6 is 0 Å². The maximum absolute atomic E-state index is 9.96. The van der Waals surface area contributed by atoms with Gasteiger partial charge in [-0.05, 0) is 24.1 Å². The summed E-state index contributed by atoms with van der Waals surface area (Å²) in [6, 6.07) is 14.0. The van der Waals surface area contributed by atoms with Gasteiger partial charge in [-0.1, -0.05) is 36.4 Å². The van der Waals surface area contributed by atoms with E-state index in [4.69, 9.17) is 4.74 Å². The van der Waals surface area contributed by atoms with Crippen molar-refractivity contribution in [3.05, 3.63) is 59.2 Å². The van der Waals surface area contributed by atoms with Crippen LogP contribution in [0.15, 0.2) is 42.5 Å². The van der Waals surface area contributed by atoms with E-state index in [0.29, 0.717) is 12.3 Å². The smallest absolute Gasteiger partial charge is 0.123 e. The van der Waals surface area contributed by atoms with E-state index < -0.39 is 0 Å². The quantitative estimate of drug-likeness (QED) is 0.896. The molecule has 3 heteroatoms. The van der Waals surface area contributed by atoms with Crippen LogP contribution in [0, 0.1) is 6.92 Å². The van der Waals surface area contributed by atoms with Gasteiger partial charge in [0.15, 0.2) is 0 Å². The van der Waals surface area contributed by atoms with Crippen LogP contribution in [0.3, 0.4) is 0 Å². The lowest BCUT2D eigenvalue weighted by molar-refractivity contribution is 0.227. The Morgan fingerprint density at radius 2 is 2.05 bits per heavy atom. The van der Waals surface area contributed by atoms with Gasteiger partial charge in [-0.3, -0.25) is 0 Å². The first-order valence-corrected chi connectivity index (χ1v) is 6.97. The highest BCUT2D eigenvalue weighted by atomic mass is 16.5. The molecule has 20 heavy (non-hydrogen) atoms. The molecule has 2 aromatic carbocycles. The summed E-state index contributed by atoms with van der Waals surface area (Å²) >= 11 is 0. The summed E-state index contributed by atoms with van der Waals surface area (Å²) in [6.07, 6.45) is 1.13. The van der Waals surface area contributed by atoms with Crippen LogP contribution in [0.25, 0.3) is 0 Å². The number of phenols is 1. The minimum atomic E-state index is 0.180. The molecule has 0 saturated heterocycles. The van der Waals surface area contributed by atoms with Crippen molar-refractivity contribution < 1.29 is 9.84 Å². The first-order valence-electron chi connectivity index (χ1n) is 6.97. The molecule has 0 radical (unpaired) electrons. The standard InChI is InChI=1S/C17H19NO2/c1-12-5-4-7-14(17(12)19)10-18-11-15-9-13-6-2-3-8-16(13)20-15/h2-8,15,18-19H,9-11H2,1H3. The lowest BCUT2D eigenvalue weighted by Crippen LogP contribution is -2.29. The number of para-hydroxylation sites is 2. The molecule has 0 fully saturated rings. The number of benzene rings is 2. The van der Waals surface area contributed by atoms with E-state index in [2.05, 4.69) is 11.4 Å². The van der Waals surface area contributed by atoms with Gasteiger partial charge in [0, 0.05) is 25.1 Å². The van der Waals surface area contributed by atoms with Gasteiger partial charge in [-0.15, -0.1) is 0 Å². The molecular weight excluding hydrogens is 250 g/mol. The average molecular weight is 269 g/mol. The Balaban J connectivity index is 1.53. The minimum Gasteiger partial charge on any atom is -0.507 e. The Morgan fingerprint density at radius 3 is 2.90 bits per heavy atom. The fraction of sp³-hybridized carbons (Fsp3) is 0.294. The monoisotopic (exact) mass is 269 g/mol. The van der Waals surface area contributed by atoms with E-state index in [1.807, 2.05) is 43.3 Å². The predicted octanol–water partition coefficient (Wildman–Crippen LogP) is 2.79. The first-order chi connectivity index (χ1) is 9.74. The molecule has 2 N–H and O–H groups in total. The largest absolute Gasteiger partial charge is 0.507 e. The molecule has 1 aliphatic heterocycles. The van der Waals surface area contributed by atoms with E-state index >= 15 is 0 Å². The number of aromatic hydroxyl groups is 1. The van der Waals surface area contributed by atoms with E-state index in [1.165, 1.54) is 5.56 Å². The number of hydrogen-bond acceptors (Lipinski definition) is 3. The normalized spacial score (nSPS) is 16.8. The molecule has 0 aromatic heterocycles. The maximum Gasteiger partial charge on any atom is 0.123 e. The number of phenolic OH excluding ortho intramolecular Hbond substituents is 1. The van der Waals surface area contributed by atoms with Crippen LogP contribution in [0.5, 0.6) is 11.5 Å². The summed E-state index contributed by atoms with van der Waals surface area (Å²) in [5.74, 6) is 1.38. The highest BCUT2D eigenvalue weighted by Gasteiger charge is 2.21.